The van der Waals surface area contributed by atoms with Crippen molar-refractivity contribution in [1.82, 2.24) is 4.98 Å². The first-order valence-corrected chi connectivity index (χ1v) is 12.8. The average Bonchev–Trinajstić information content (AvgIpc) is 3.12. The Morgan fingerprint density at radius 2 is 1.79 bits per heavy atom. The van der Waals surface area contributed by atoms with Crippen LogP contribution in [0.5, 0.6) is 5.75 Å². The van der Waals surface area contributed by atoms with E-state index < -0.39 is 15.4 Å². The maximum absolute atomic E-state index is 13.2. The third-order valence-corrected chi connectivity index (χ3v) is 7.55. The fourth-order valence-electron chi connectivity index (χ4n) is 3.05. The Hall–Kier alpha value is -2.91. The van der Waals surface area contributed by atoms with Crippen LogP contribution in [-0.2, 0) is 21.2 Å². The Balaban J connectivity index is 1.96. The van der Waals surface area contributed by atoms with Crippen molar-refractivity contribution in [3.8, 4) is 16.2 Å². The number of anilines is 2. The molecule has 7 nitrogen and oxygen atoms in total. The van der Waals surface area contributed by atoms with E-state index in [0.717, 1.165) is 16.9 Å². The Labute approximate surface area is 199 Å². The second kappa shape index (κ2) is 9.52. The van der Waals surface area contributed by atoms with E-state index in [4.69, 9.17) is 4.74 Å². The Bertz CT molecular complexity index is 1260. The molecule has 0 aliphatic carbocycles. The Kier molecular flexibility index (Phi) is 7.14. The predicted molar refractivity (Wildman–Crippen MR) is 134 cm³/mol. The zero-order chi connectivity index (χ0) is 24.4. The summed E-state index contributed by atoms with van der Waals surface area (Å²) in [5.74, 6) is 0.0962. The first-order chi connectivity index (χ1) is 15.4. The number of amides is 1. The van der Waals surface area contributed by atoms with Crippen LogP contribution in [0.15, 0.2) is 47.4 Å². The monoisotopic (exact) mass is 487 g/mol. The normalized spacial score (nSPS) is 11.8. The van der Waals surface area contributed by atoms with Crippen molar-refractivity contribution in [3.05, 3.63) is 53.7 Å². The van der Waals surface area contributed by atoms with E-state index in [-0.39, 0.29) is 16.6 Å². The molecule has 0 radical (unpaired) electrons. The Morgan fingerprint density at radius 3 is 2.36 bits per heavy atom. The number of methoxy groups -OCH3 is 1. The number of thiazole rings is 1. The van der Waals surface area contributed by atoms with Gasteiger partial charge in [0.25, 0.3) is 10.0 Å². The lowest BCUT2D eigenvalue weighted by Crippen LogP contribution is -2.27. The summed E-state index contributed by atoms with van der Waals surface area (Å²) in [7, 11) is -2.48. The van der Waals surface area contributed by atoms with Crippen LogP contribution in [0.25, 0.3) is 10.4 Å². The lowest BCUT2D eigenvalue weighted by Gasteiger charge is -2.15. The number of rotatable bonds is 7. The predicted octanol–water partition coefficient (Wildman–Crippen LogP) is 5.47. The molecule has 0 bridgehead atoms. The van der Waals surface area contributed by atoms with Crippen LogP contribution in [0.2, 0.25) is 0 Å². The fraction of sp³-hybridized carbons (Fsp3) is 0.333. The summed E-state index contributed by atoms with van der Waals surface area (Å²) in [6, 6.07) is 12.2. The zero-order valence-corrected chi connectivity index (χ0v) is 21.3. The van der Waals surface area contributed by atoms with E-state index in [1.165, 1.54) is 18.4 Å². The summed E-state index contributed by atoms with van der Waals surface area (Å²) in [5.41, 5.74) is 2.40. The van der Waals surface area contributed by atoms with Crippen LogP contribution >= 0.6 is 11.3 Å². The number of carbonyl (C=O) groups is 1. The zero-order valence-electron chi connectivity index (χ0n) is 19.6. The molecule has 0 aliphatic rings. The summed E-state index contributed by atoms with van der Waals surface area (Å²) in [4.78, 5) is 17.6. The second-order valence-electron chi connectivity index (χ2n) is 8.66. The van der Waals surface area contributed by atoms with E-state index in [1.807, 2.05) is 46.8 Å². The van der Waals surface area contributed by atoms with Gasteiger partial charge < -0.3 is 10.1 Å². The Morgan fingerprint density at radius 1 is 1.12 bits per heavy atom. The van der Waals surface area contributed by atoms with E-state index in [9.17, 15) is 13.2 Å². The van der Waals surface area contributed by atoms with Gasteiger partial charge in [-0.1, -0.05) is 51.2 Å². The molecule has 1 amide bonds. The van der Waals surface area contributed by atoms with Gasteiger partial charge in [0.15, 0.2) is 5.13 Å². The molecule has 2 aromatic carbocycles. The molecule has 0 spiro atoms. The van der Waals surface area contributed by atoms with Crippen LogP contribution in [0, 0.1) is 12.3 Å². The minimum Gasteiger partial charge on any atom is -0.495 e. The van der Waals surface area contributed by atoms with Gasteiger partial charge in [-0.05, 0) is 54.8 Å². The van der Waals surface area contributed by atoms with Gasteiger partial charge in [0, 0.05) is 11.1 Å². The maximum atomic E-state index is 13.2. The molecule has 0 unspecified atom stereocenters. The topological polar surface area (TPSA) is 97.4 Å². The van der Waals surface area contributed by atoms with Gasteiger partial charge >= 0.3 is 0 Å². The van der Waals surface area contributed by atoms with Crippen molar-refractivity contribution >= 4 is 38.1 Å². The standard InChI is InChI=1S/C24H29N3O4S2/c1-7-16-8-11-18(12-9-16)27-33(29,30)20-14-17(10-13-19(20)31-6)21-15(2)25-23(32-21)26-22(28)24(3,4)5/h8-14,27H,7H2,1-6H3,(H,25,26,28). The first-order valence-electron chi connectivity index (χ1n) is 10.5. The van der Waals surface area contributed by atoms with Gasteiger partial charge in [-0.25, -0.2) is 13.4 Å². The summed E-state index contributed by atoms with van der Waals surface area (Å²) in [6.07, 6.45) is 0.870. The molecule has 1 aromatic heterocycles. The smallest absolute Gasteiger partial charge is 0.265 e. The summed E-state index contributed by atoms with van der Waals surface area (Å²) in [5, 5.41) is 3.30. The van der Waals surface area contributed by atoms with Crippen molar-refractivity contribution in [3.63, 3.8) is 0 Å². The SMILES string of the molecule is CCc1ccc(NS(=O)(=O)c2cc(-c3sc(NC(=O)C(C)(C)C)nc3C)ccc2OC)cc1. The van der Waals surface area contributed by atoms with E-state index in [0.29, 0.717) is 22.1 Å². The molecule has 0 aliphatic heterocycles. The van der Waals surface area contributed by atoms with Crippen LogP contribution in [0.3, 0.4) is 0 Å². The number of nitrogens with one attached hydrogen (secondary N) is 2. The van der Waals surface area contributed by atoms with Crippen molar-refractivity contribution in [2.75, 3.05) is 17.1 Å². The highest BCUT2D eigenvalue weighted by Crippen LogP contribution is 2.37. The minimum absolute atomic E-state index is 0.0233. The average molecular weight is 488 g/mol. The van der Waals surface area contributed by atoms with Crippen LogP contribution < -0.4 is 14.8 Å². The number of carbonyl (C=O) groups excluding carboxylic acids is 1. The molecule has 3 rings (SSSR count). The quantitative estimate of drug-likeness (QED) is 0.460. The van der Waals surface area contributed by atoms with Gasteiger partial charge in [-0.2, -0.15) is 0 Å². The number of ether oxygens (including phenoxy) is 1. The summed E-state index contributed by atoms with van der Waals surface area (Å²) >= 11 is 1.30. The number of hydrogen-bond donors (Lipinski definition) is 2. The number of nitrogens with zero attached hydrogens (tertiary/aromatic N) is 1. The molecule has 9 heteroatoms. The highest BCUT2D eigenvalue weighted by molar-refractivity contribution is 7.92. The second-order valence-corrected chi connectivity index (χ2v) is 11.3. The molecule has 0 saturated carbocycles. The number of benzene rings is 2. The van der Waals surface area contributed by atoms with Crippen molar-refractivity contribution in [1.29, 1.82) is 0 Å². The van der Waals surface area contributed by atoms with Gasteiger partial charge in [0.2, 0.25) is 5.91 Å². The van der Waals surface area contributed by atoms with Crippen molar-refractivity contribution < 1.29 is 17.9 Å². The van der Waals surface area contributed by atoms with Gasteiger partial charge in [0.05, 0.1) is 17.7 Å². The number of aromatic nitrogens is 1. The number of hydrogen-bond acceptors (Lipinski definition) is 6. The molecular formula is C24H29N3O4S2. The molecular weight excluding hydrogens is 458 g/mol. The van der Waals surface area contributed by atoms with Crippen molar-refractivity contribution in [2.24, 2.45) is 5.41 Å². The molecule has 3 aromatic rings. The third-order valence-electron chi connectivity index (χ3n) is 5.03. The molecule has 1 heterocycles. The lowest BCUT2D eigenvalue weighted by atomic mass is 9.96. The summed E-state index contributed by atoms with van der Waals surface area (Å²) in [6.45, 7) is 9.34. The number of aryl methyl sites for hydroxylation is 2. The molecule has 0 fully saturated rings. The molecule has 33 heavy (non-hydrogen) atoms. The van der Waals surface area contributed by atoms with E-state index in [1.54, 1.807) is 30.3 Å². The van der Waals surface area contributed by atoms with Crippen LogP contribution in [0.4, 0.5) is 10.8 Å². The van der Waals surface area contributed by atoms with Gasteiger partial charge in [-0.3, -0.25) is 9.52 Å². The number of sulfonamides is 1. The fourth-order valence-corrected chi connectivity index (χ4v) is 5.26. The third kappa shape index (κ3) is 5.72. The van der Waals surface area contributed by atoms with E-state index in [2.05, 4.69) is 15.0 Å². The lowest BCUT2D eigenvalue weighted by molar-refractivity contribution is -0.123. The molecule has 0 saturated heterocycles. The van der Waals surface area contributed by atoms with Gasteiger partial charge in [0.1, 0.15) is 10.6 Å². The van der Waals surface area contributed by atoms with Crippen LogP contribution in [0.1, 0.15) is 39.0 Å². The maximum Gasteiger partial charge on any atom is 0.265 e. The van der Waals surface area contributed by atoms with Gasteiger partial charge in [-0.15, -0.1) is 0 Å². The molecule has 2 N–H and O–H groups in total. The van der Waals surface area contributed by atoms with Crippen molar-refractivity contribution in [2.45, 2.75) is 45.9 Å². The molecule has 176 valence electrons. The largest absolute Gasteiger partial charge is 0.495 e. The minimum atomic E-state index is -3.91. The summed E-state index contributed by atoms with van der Waals surface area (Å²) < 4.78 is 34.4. The highest BCUT2D eigenvalue weighted by Gasteiger charge is 2.24. The molecule has 0 atom stereocenters. The first kappa shape index (κ1) is 24.7. The van der Waals surface area contributed by atoms with E-state index >= 15 is 0 Å². The van der Waals surface area contributed by atoms with Crippen LogP contribution in [-0.4, -0.2) is 26.4 Å². The highest BCUT2D eigenvalue weighted by atomic mass is 32.2.